The van der Waals surface area contributed by atoms with Gasteiger partial charge in [0.15, 0.2) is 0 Å². The fraction of sp³-hybridized carbons (Fsp3) is 0.562. The molecule has 1 rings (SSSR count). The third-order valence-electron chi connectivity index (χ3n) is 3.10. The van der Waals surface area contributed by atoms with Crippen LogP contribution in [0.4, 0.5) is 4.79 Å². The van der Waals surface area contributed by atoms with E-state index in [-0.39, 0.29) is 12.1 Å². The van der Waals surface area contributed by atoms with Crippen molar-refractivity contribution in [2.75, 3.05) is 13.2 Å². The van der Waals surface area contributed by atoms with Crippen LogP contribution < -0.4 is 10.1 Å². The van der Waals surface area contributed by atoms with Crippen LogP contribution in [0.5, 0.6) is 5.75 Å². The Morgan fingerprint density at radius 1 is 1.41 bits per heavy atom. The van der Waals surface area contributed by atoms with Gasteiger partial charge in [0.05, 0.1) is 12.7 Å². The number of aliphatic hydroxyl groups excluding tert-OH is 1. The maximum atomic E-state index is 12.3. The normalized spacial score (nSPS) is 12.1. The molecule has 0 saturated heterocycles. The van der Waals surface area contributed by atoms with Crippen LogP contribution in [0.15, 0.2) is 18.2 Å². The molecular formula is C16H25ClN2O3. The van der Waals surface area contributed by atoms with Crippen LogP contribution in [0.2, 0.25) is 5.02 Å². The van der Waals surface area contributed by atoms with Crippen molar-refractivity contribution < 1.29 is 14.6 Å². The molecule has 0 bridgehead atoms. The largest absolute Gasteiger partial charge is 0.493 e. The van der Waals surface area contributed by atoms with Crippen LogP contribution >= 0.6 is 11.6 Å². The van der Waals surface area contributed by atoms with Crippen LogP contribution in [-0.2, 0) is 6.54 Å². The summed E-state index contributed by atoms with van der Waals surface area (Å²) < 4.78 is 5.53. The van der Waals surface area contributed by atoms with Gasteiger partial charge in [0.2, 0.25) is 0 Å². The molecule has 22 heavy (non-hydrogen) atoms. The molecule has 0 radical (unpaired) electrons. The Bertz CT molecular complexity index is 492. The van der Waals surface area contributed by atoms with Gasteiger partial charge in [-0.3, -0.25) is 0 Å². The number of rotatable bonds is 7. The van der Waals surface area contributed by atoms with E-state index in [0.717, 1.165) is 5.56 Å². The van der Waals surface area contributed by atoms with Crippen LogP contribution in [-0.4, -0.2) is 41.3 Å². The maximum Gasteiger partial charge on any atom is 0.317 e. The van der Waals surface area contributed by atoms with Crippen molar-refractivity contribution in [3.63, 3.8) is 0 Å². The Kier molecular flexibility index (Phi) is 7.48. The van der Waals surface area contributed by atoms with Crippen LogP contribution in [0.25, 0.3) is 0 Å². The zero-order chi connectivity index (χ0) is 16.7. The summed E-state index contributed by atoms with van der Waals surface area (Å²) in [5, 5.41) is 12.9. The topological polar surface area (TPSA) is 61.8 Å². The number of hydrogen-bond donors (Lipinski definition) is 2. The molecule has 0 aromatic heterocycles. The maximum absolute atomic E-state index is 12.3. The molecule has 2 amide bonds. The van der Waals surface area contributed by atoms with E-state index in [9.17, 15) is 9.90 Å². The third-order valence-corrected chi connectivity index (χ3v) is 3.34. The van der Waals surface area contributed by atoms with E-state index in [4.69, 9.17) is 16.3 Å². The summed E-state index contributed by atoms with van der Waals surface area (Å²) in [6.45, 7) is 8.55. The van der Waals surface area contributed by atoms with Crippen molar-refractivity contribution in [3.8, 4) is 5.75 Å². The summed E-state index contributed by atoms with van der Waals surface area (Å²) in [4.78, 5) is 13.9. The van der Waals surface area contributed by atoms with Crippen LogP contribution in [0, 0.1) is 0 Å². The number of halogens is 1. The Morgan fingerprint density at radius 3 is 2.64 bits per heavy atom. The highest BCUT2D eigenvalue weighted by atomic mass is 35.5. The number of benzene rings is 1. The summed E-state index contributed by atoms with van der Waals surface area (Å²) >= 11 is 5.96. The lowest BCUT2D eigenvalue weighted by molar-refractivity contribution is 0.118. The van der Waals surface area contributed by atoms with Gasteiger partial charge >= 0.3 is 6.03 Å². The van der Waals surface area contributed by atoms with Gasteiger partial charge in [-0.1, -0.05) is 17.7 Å². The van der Waals surface area contributed by atoms with Gasteiger partial charge < -0.3 is 20.1 Å². The number of carbonyl (C=O) groups excluding carboxylic acids is 1. The summed E-state index contributed by atoms with van der Waals surface area (Å²) in [6.07, 6.45) is -0.567. The number of amides is 2. The Morgan fingerprint density at radius 2 is 2.09 bits per heavy atom. The molecule has 124 valence electrons. The lowest BCUT2D eigenvalue weighted by atomic mass is 10.2. The second-order valence-corrected chi connectivity index (χ2v) is 5.88. The molecule has 1 aromatic carbocycles. The van der Waals surface area contributed by atoms with Crippen molar-refractivity contribution in [1.29, 1.82) is 0 Å². The average molecular weight is 329 g/mol. The summed E-state index contributed by atoms with van der Waals surface area (Å²) in [5.74, 6) is 0.668. The van der Waals surface area contributed by atoms with Crippen molar-refractivity contribution >= 4 is 17.6 Å². The monoisotopic (exact) mass is 328 g/mol. The molecule has 2 N–H and O–H groups in total. The van der Waals surface area contributed by atoms with E-state index in [0.29, 0.717) is 30.5 Å². The molecule has 0 aliphatic heterocycles. The molecule has 0 fully saturated rings. The first kappa shape index (κ1) is 18.6. The first-order chi connectivity index (χ1) is 10.3. The van der Waals surface area contributed by atoms with Gasteiger partial charge in [0, 0.05) is 29.7 Å². The lowest BCUT2D eigenvalue weighted by Crippen LogP contribution is -2.46. The lowest BCUT2D eigenvalue weighted by Gasteiger charge is -2.28. The van der Waals surface area contributed by atoms with E-state index in [1.807, 2.05) is 26.8 Å². The van der Waals surface area contributed by atoms with Crippen molar-refractivity contribution in [1.82, 2.24) is 10.2 Å². The second kappa shape index (κ2) is 8.86. The SMILES string of the molecule is CCOc1cc(Cl)ccc1CNC(=O)N(CC(C)O)C(C)C. The zero-order valence-electron chi connectivity index (χ0n) is 13.6. The Hall–Kier alpha value is -1.46. The number of nitrogens with one attached hydrogen (secondary N) is 1. The molecule has 0 spiro atoms. The highest BCUT2D eigenvalue weighted by molar-refractivity contribution is 6.30. The number of ether oxygens (including phenoxy) is 1. The predicted octanol–water partition coefficient (Wildman–Crippen LogP) is 3.04. The number of urea groups is 1. The highest BCUT2D eigenvalue weighted by Crippen LogP contribution is 2.23. The summed E-state index contributed by atoms with van der Waals surface area (Å²) in [6, 6.07) is 5.13. The van der Waals surface area contributed by atoms with Crippen molar-refractivity contribution in [3.05, 3.63) is 28.8 Å². The standard InChI is InChI=1S/C16H25ClN2O3/c1-5-22-15-8-14(17)7-6-13(15)9-18-16(21)19(11(2)3)10-12(4)20/h6-8,11-12,20H,5,9-10H2,1-4H3,(H,18,21). The average Bonchev–Trinajstić information content (AvgIpc) is 2.43. The zero-order valence-corrected chi connectivity index (χ0v) is 14.4. The number of aliphatic hydroxyl groups is 1. The van der Waals surface area contributed by atoms with Gasteiger partial charge in [0.1, 0.15) is 5.75 Å². The number of hydrogen-bond acceptors (Lipinski definition) is 3. The van der Waals surface area contributed by atoms with Crippen molar-refractivity contribution in [2.45, 2.75) is 46.4 Å². The van der Waals surface area contributed by atoms with Crippen LogP contribution in [0.1, 0.15) is 33.3 Å². The highest BCUT2D eigenvalue weighted by Gasteiger charge is 2.18. The Balaban J connectivity index is 2.73. The molecule has 1 aromatic rings. The van der Waals surface area contributed by atoms with E-state index < -0.39 is 6.10 Å². The fourth-order valence-corrected chi connectivity index (χ4v) is 2.21. The van der Waals surface area contributed by atoms with Gasteiger partial charge in [-0.15, -0.1) is 0 Å². The van der Waals surface area contributed by atoms with Gasteiger partial charge in [-0.05, 0) is 39.8 Å². The number of nitrogens with zero attached hydrogens (tertiary/aromatic N) is 1. The van der Waals surface area contributed by atoms with Gasteiger partial charge in [0.25, 0.3) is 0 Å². The molecule has 6 heteroatoms. The molecule has 0 aliphatic rings. The smallest absolute Gasteiger partial charge is 0.317 e. The van der Waals surface area contributed by atoms with Crippen molar-refractivity contribution in [2.24, 2.45) is 0 Å². The predicted molar refractivity (Wildman–Crippen MR) is 88.4 cm³/mol. The molecular weight excluding hydrogens is 304 g/mol. The molecule has 0 heterocycles. The van der Waals surface area contributed by atoms with E-state index in [1.165, 1.54) is 0 Å². The minimum Gasteiger partial charge on any atom is -0.493 e. The summed E-state index contributed by atoms with van der Waals surface area (Å²) in [5.41, 5.74) is 0.861. The first-order valence-electron chi connectivity index (χ1n) is 7.48. The minimum atomic E-state index is -0.567. The fourth-order valence-electron chi connectivity index (χ4n) is 2.05. The quantitative estimate of drug-likeness (QED) is 0.808. The molecule has 0 aliphatic carbocycles. The van der Waals surface area contributed by atoms with Gasteiger partial charge in [-0.2, -0.15) is 0 Å². The van der Waals surface area contributed by atoms with E-state index in [2.05, 4.69) is 5.32 Å². The minimum absolute atomic E-state index is 0.00572. The van der Waals surface area contributed by atoms with Gasteiger partial charge in [-0.25, -0.2) is 4.79 Å². The third kappa shape index (κ3) is 5.73. The number of carbonyl (C=O) groups is 1. The molecule has 0 saturated carbocycles. The van der Waals surface area contributed by atoms with Crippen LogP contribution in [0.3, 0.4) is 0 Å². The Labute approximate surface area is 137 Å². The van der Waals surface area contributed by atoms with E-state index in [1.54, 1.807) is 24.0 Å². The van der Waals surface area contributed by atoms with E-state index >= 15 is 0 Å². The molecule has 5 nitrogen and oxygen atoms in total. The molecule has 1 atom stereocenters. The molecule has 1 unspecified atom stereocenters. The first-order valence-corrected chi connectivity index (χ1v) is 7.86. The second-order valence-electron chi connectivity index (χ2n) is 5.44. The summed E-state index contributed by atoms with van der Waals surface area (Å²) in [7, 11) is 0.